The average Bonchev–Trinajstić information content (AvgIpc) is 2.26. The van der Waals surface area contributed by atoms with Gasteiger partial charge in [0.25, 0.3) is 11.5 Å². The number of hydrogen-bond acceptors (Lipinski definition) is 4. The van der Waals surface area contributed by atoms with Crippen LogP contribution in [0.4, 0.5) is 0 Å². The number of nitrogens with zero attached hydrogens (tertiary/aromatic N) is 1. The molecule has 0 fully saturated rings. The molecule has 1 rings (SSSR count). The minimum atomic E-state index is -0.568. The second-order valence-electron chi connectivity index (χ2n) is 4.29. The molecule has 1 heterocycles. The van der Waals surface area contributed by atoms with Crippen molar-refractivity contribution in [1.82, 2.24) is 15.3 Å². The van der Waals surface area contributed by atoms with Gasteiger partial charge >= 0.3 is 0 Å². The van der Waals surface area contributed by atoms with Gasteiger partial charge in [0.1, 0.15) is 5.69 Å². The maximum absolute atomic E-state index is 11.5. The maximum Gasteiger partial charge on any atom is 0.271 e. The van der Waals surface area contributed by atoms with E-state index in [2.05, 4.69) is 15.3 Å². The lowest BCUT2D eigenvalue weighted by molar-refractivity contribution is 0.0895. The van der Waals surface area contributed by atoms with Gasteiger partial charge in [-0.3, -0.25) is 9.59 Å². The van der Waals surface area contributed by atoms with E-state index in [4.69, 9.17) is 0 Å². The van der Waals surface area contributed by atoms with Gasteiger partial charge in [0.2, 0.25) is 0 Å². The van der Waals surface area contributed by atoms with Gasteiger partial charge in [-0.2, -0.15) is 0 Å². The molecule has 1 unspecified atom stereocenters. The van der Waals surface area contributed by atoms with Crippen molar-refractivity contribution in [3.63, 3.8) is 0 Å². The Morgan fingerprint density at radius 2 is 2.29 bits per heavy atom. The summed E-state index contributed by atoms with van der Waals surface area (Å²) in [6.45, 7) is 4.17. The molecular formula is C11H17N3O3. The summed E-state index contributed by atoms with van der Waals surface area (Å²) < 4.78 is 0. The van der Waals surface area contributed by atoms with Crippen LogP contribution in [0.15, 0.2) is 17.2 Å². The largest absolute Gasteiger partial charge is 0.391 e. The van der Waals surface area contributed by atoms with Crippen molar-refractivity contribution in [2.24, 2.45) is 5.92 Å². The number of nitrogens with one attached hydrogen (secondary N) is 2. The van der Waals surface area contributed by atoms with E-state index >= 15 is 0 Å². The number of hydrogen-bond donors (Lipinski definition) is 3. The van der Waals surface area contributed by atoms with Gasteiger partial charge < -0.3 is 15.4 Å². The molecule has 1 amide bonds. The van der Waals surface area contributed by atoms with Gasteiger partial charge in [0.15, 0.2) is 0 Å². The van der Waals surface area contributed by atoms with E-state index in [0.29, 0.717) is 12.3 Å². The topological polar surface area (TPSA) is 95.1 Å². The molecule has 0 aliphatic rings. The van der Waals surface area contributed by atoms with Gasteiger partial charge in [-0.15, -0.1) is 0 Å². The lowest BCUT2D eigenvalue weighted by atomic mass is 10.1. The molecule has 6 nitrogen and oxygen atoms in total. The molecule has 0 saturated heterocycles. The monoisotopic (exact) mass is 239 g/mol. The Labute approximate surface area is 99.1 Å². The average molecular weight is 239 g/mol. The van der Waals surface area contributed by atoms with Crippen LogP contribution in [0.2, 0.25) is 0 Å². The van der Waals surface area contributed by atoms with Gasteiger partial charge in [0.05, 0.1) is 12.3 Å². The Bertz CT molecular complexity index is 408. The van der Waals surface area contributed by atoms with Crippen LogP contribution < -0.4 is 10.9 Å². The standard InChI is InChI=1S/C11H17N3O3/c1-7(2)3-8(15)4-14-11(17)9-5-13-10(16)6-12-9/h5-8,15H,3-4H2,1-2H3,(H,13,16)(H,14,17). The maximum atomic E-state index is 11.5. The highest BCUT2D eigenvalue weighted by Gasteiger charge is 2.11. The number of rotatable bonds is 5. The number of H-pyrrole nitrogens is 1. The molecule has 17 heavy (non-hydrogen) atoms. The third-order valence-corrected chi connectivity index (χ3v) is 2.15. The van der Waals surface area contributed by atoms with Gasteiger partial charge in [-0.25, -0.2) is 4.98 Å². The van der Waals surface area contributed by atoms with Crippen LogP contribution in [0, 0.1) is 5.92 Å². The number of aromatic amines is 1. The van der Waals surface area contributed by atoms with Crippen molar-refractivity contribution >= 4 is 5.91 Å². The predicted molar refractivity (Wildman–Crippen MR) is 62.7 cm³/mol. The minimum absolute atomic E-state index is 0.126. The Balaban J connectivity index is 2.44. The summed E-state index contributed by atoms with van der Waals surface area (Å²) in [6.07, 6.45) is 2.34. The highest BCUT2D eigenvalue weighted by molar-refractivity contribution is 5.91. The summed E-state index contributed by atoms with van der Waals surface area (Å²) in [5.41, 5.74) is -0.234. The Morgan fingerprint density at radius 1 is 1.59 bits per heavy atom. The molecule has 1 aromatic heterocycles. The number of aliphatic hydroxyl groups is 1. The Hall–Kier alpha value is -1.69. The van der Waals surface area contributed by atoms with Gasteiger partial charge in [-0.1, -0.05) is 13.8 Å². The molecule has 0 spiro atoms. The molecule has 0 aliphatic carbocycles. The Kier molecular flexibility index (Phi) is 4.84. The van der Waals surface area contributed by atoms with Crippen molar-refractivity contribution < 1.29 is 9.90 Å². The van der Waals surface area contributed by atoms with E-state index in [1.165, 1.54) is 6.20 Å². The first-order chi connectivity index (χ1) is 7.99. The zero-order chi connectivity index (χ0) is 12.8. The van der Waals surface area contributed by atoms with E-state index < -0.39 is 12.0 Å². The number of carbonyl (C=O) groups excluding carboxylic acids is 1. The predicted octanol–water partition coefficient (Wildman–Crippen LogP) is -0.0933. The van der Waals surface area contributed by atoms with Crippen LogP contribution in [-0.4, -0.2) is 33.6 Å². The number of aliphatic hydroxyl groups excluding tert-OH is 1. The summed E-state index contributed by atoms with van der Waals surface area (Å²) in [6, 6.07) is 0. The quantitative estimate of drug-likeness (QED) is 0.669. The molecule has 0 aromatic carbocycles. The number of carbonyl (C=O) groups is 1. The first kappa shape index (κ1) is 13.4. The fraction of sp³-hybridized carbons (Fsp3) is 0.545. The van der Waals surface area contributed by atoms with Gasteiger partial charge in [0, 0.05) is 12.7 Å². The summed E-state index contributed by atoms with van der Waals surface area (Å²) in [5.74, 6) is -0.0443. The summed E-state index contributed by atoms with van der Waals surface area (Å²) in [4.78, 5) is 28.3. The molecule has 3 N–H and O–H groups in total. The van der Waals surface area contributed by atoms with Crippen molar-refractivity contribution in [2.45, 2.75) is 26.4 Å². The van der Waals surface area contributed by atoms with E-state index in [9.17, 15) is 14.7 Å². The fourth-order valence-electron chi connectivity index (χ4n) is 1.39. The molecule has 1 atom stereocenters. The Morgan fingerprint density at radius 3 is 2.82 bits per heavy atom. The molecule has 0 bridgehead atoms. The summed E-state index contributed by atoms with van der Waals surface area (Å²) >= 11 is 0. The van der Waals surface area contributed by atoms with Gasteiger partial charge in [-0.05, 0) is 12.3 Å². The first-order valence-electron chi connectivity index (χ1n) is 5.50. The highest BCUT2D eigenvalue weighted by atomic mass is 16.3. The summed E-state index contributed by atoms with van der Waals surface area (Å²) in [5, 5.41) is 12.1. The van der Waals surface area contributed by atoms with Crippen LogP contribution in [0.3, 0.4) is 0 Å². The normalized spacial score (nSPS) is 12.5. The second kappa shape index (κ2) is 6.15. The lowest BCUT2D eigenvalue weighted by Gasteiger charge is -2.13. The number of amides is 1. The van der Waals surface area contributed by atoms with Crippen molar-refractivity contribution in [3.05, 3.63) is 28.4 Å². The fourth-order valence-corrected chi connectivity index (χ4v) is 1.39. The number of aromatic nitrogens is 2. The van der Waals surface area contributed by atoms with Crippen LogP contribution in [0.25, 0.3) is 0 Å². The highest BCUT2D eigenvalue weighted by Crippen LogP contribution is 2.03. The van der Waals surface area contributed by atoms with Crippen molar-refractivity contribution in [3.8, 4) is 0 Å². The van der Waals surface area contributed by atoms with E-state index in [1.807, 2.05) is 13.8 Å². The molecule has 0 radical (unpaired) electrons. The first-order valence-corrected chi connectivity index (χ1v) is 5.50. The van der Waals surface area contributed by atoms with E-state index in [0.717, 1.165) is 6.20 Å². The SMILES string of the molecule is CC(C)CC(O)CNC(=O)c1c[nH]c(=O)cn1. The van der Waals surface area contributed by atoms with Crippen molar-refractivity contribution in [1.29, 1.82) is 0 Å². The third kappa shape index (κ3) is 4.78. The molecule has 1 aromatic rings. The zero-order valence-corrected chi connectivity index (χ0v) is 9.93. The minimum Gasteiger partial charge on any atom is -0.391 e. The van der Waals surface area contributed by atoms with Crippen molar-refractivity contribution in [2.75, 3.05) is 6.54 Å². The molecular weight excluding hydrogens is 222 g/mol. The van der Waals surface area contributed by atoms with E-state index in [1.54, 1.807) is 0 Å². The third-order valence-electron chi connectivity index (χ3n) is 2.15. The van der Waals surface area contributed by atoms with E-state index in [-0.39, 0.29) is 17.8 Å². The second-order valence-corrected chi connectivity index (χ2v) is 4.29. The zero-order valence-electron chi connectivity index (χ0n) is 9.93. The van der Waals surface area contributed by atoms with Crippen LogP contribution in [-0.2, 0) is 0 Å². The smallest absolute Gasteiger partial charge is 0.271 e. The molecule has 0 saturated carbocycles. The molecule has 6 heteroatoms. The molecule has 0 aliphatic heterocycles. The van der Waals surface area contributed by atoms with Crippen LogP contribution in [0.5, 0.6) is 0 Å². The van der Waals surface area contributed by atoms with Crippen LogP contribution in [0.1, 0.15) is 30.8 Å². The lowest BCUT2D eigenvalue weighted by Crippen LogP contribution is -2.33. The summed E-state index contributed by atoms with van der Waals surface area (Å²) in [7, 11) is 0. The molecule has 94 valence electrons. The van der Waals surface area contributed by atoms with Crippen LogP contribution >= 0.6 is 0 Å².